The SMILES string of the molecule is Cc1c(-c2c(-c3ccc(F)cc3)nc(N)n3nc(Cc4ncccc4F)nc23)ccc(=O)n1C. The zero-order valence-corrected chi connectivity index (χ0v) is 18.3. The fourth-order valence-electron chi connectivity index (χ4n) is 3.84. The van der Waals surface area contributed by atoms with Crippen molar-refractivity contribution in [2.75, 3.05) is 5.73 Å². The van der Waals surface area contributed by atoms with E-state index in [-0.39, 0.29) is 29.4 Å². The molecule has 0 aliphatic rings. The number of nitrogen functional groups attached to an aromatic ring is 1. The number of fused-ring (bicyclic) bond motifs is 1. The van der Waals surface area contributed by atoms with Gasteiger partial charge in [-0.05, 0) is 49.4 Å². The van der Waals surface area contributed by atoms with E-state index in [1.165, 1.54) is 45.6 Å². The topological polar surface area (TPSA) is 104 Å². The van der Waals surface area contributed by atoms with E-state index < -0.39 is 5.82 Å². The maximum absolute atomic E-state index is 14.2. The smallest absolute Gasteiger partial charge is 0.250 e. The van der Waals surface area contributed by atoms with Gasteiger partial charge in [0.15, 0.2) is 11.5 Å². The van der Waals surface area contributed by atoms with Gasteiger partial charge in [-0.2, -0.15) is 4.52 Å². The number of nitrogens with two attached hydrogens (primary N) is 1. The standard InChI is InChI=1S/C24H19F2N7O/c1-13-16(9-10-20(34)32(13)2)21-22(14-5-7-15(25)8-6-14)30-24(27)33-23(21)29-19(31-33)12-18-17(26)4-3-11-28-18/h3-11H,12H2,1-2H3,(H2,27,30). The third-order valence-corrected chi connectivity index (χ3v) is 5.72. The molecule has 2 N–H and O–H groups in total. The van der Waals surface area contributed by atoms with Gasteiger partial charge in [0, 0.05) is 36.1 Å². The van der Waals surface area contributed by atoms with Crippen LogP contribution < -0.4 is 11.3 Å². The van der Waals surface area contributed by atoms with Gasteiger partial charge in [-0.1, -0.05) is 0 Å². The molecule has 0 unspecified atom stereocenters. The lowest BCUT2D eigenvalue weighted by molar-refractivity contribution is 0.601. The Hall–Kier alpha value is -4.47. The number of anilines is 1. The highest BCUT2D eigenvalue weighted by Gasteiger charge is 2.22. The molecule has 5 rings (SSSR count). The van der Waals surface area contributed by atoms with Crippen LogP contribution in [0, 0.1) is 18.6 Å². The molecule has 0 aliphatic carbocycles. The van der Waals surface area contributed by atoms with Crippen molar-refractivity contribution in [3.05, 3.63) is 93.9 Å². The van der Waals surface area contributed by atoms with Crippen molar-refractivity contribution >= 4 is 11.6 Å². The average molecular weight is 459 g/mol. The number of pyridine rings is 2. The predicted octanol–water partition coefficient (Wildman–Crippen LogP) is 3.31. The maximum atomic E-state index is 14.2. The molecule has 4 heterocycles. The molecule has 170 valence electrons. The number of rotatable bonds is 4. The molecule has 4 aromatic heterocycles. The Morgan fingerprint density at radius 2 is 1.79 bits per heavy atom. The summed E-state index contributed by atoms with van der Waals surface area (Å²) in [5.41, 5.74) is 9.61. The van der Waals surface area contributed by atoms with Crippen LogP contribution in [0.2, 0.25) is 0 Å². The maximum Gasteiger partial charge on any atom is 0.250 e. The number of aromatic nitrogens is 6. The molecule has 0 aliphatic heterocycles. The highest BCUT2D eigenvalue weighted by molar-refractivity contribution is 5.91. The van der Waals surface area contributed by atoms with Gasteiger partial charge in [-0.15, -0.1) is 5.10 Å². The second kappa shape index (κ2) is 8.14. The zero-order chi connectivity index (χ0) is 24.0. The van der Waals surface area contributed by atoms with Crippen LogP contribution in [0.25, 0.3) is 28.0 Å². The van der Waals surface area contributed by atoms with Crippen LogP contribution >= 0.6 is 0 Å². The summed E-state index contributed by atoms with van der Waals surface area (Å²) in [6.45, 7) is 1.80. The molecule has 0 saturated heterocycles. The molecule has 0 fully saturated rings. The summed E-state index contributed by atoms with van der Waals surface area (Å²) in [6.07, 6.45) is 1.54. The third-order valence-electron chi connectivity index (χ3n) is 5.72. The van der Waals surface area contributed by atoms with Gasteiger partial charge in [0.1, 0.15) is 11.6 Å². The number of hydrogen-bond donors (Lipinski definition) is 1. The van der Waals surface area contributed by atoms with Crippen LogP contribution in [-0.2, 0) is 13.5 Å². The average Bonchev–Trinajstić information content (AvgIpc) is 3.25. The van der Waals surface area contributed by atoms with Crippen LogP contribution in [0.15, 0.2) is 59.5 Å². The summed E-state index contributed by atoms with van der Waals surface area (Å²) in [5.74, 6) is -0.500. The van der Waals surface area contributed by atoms with Gasteiger partial charge in [0.05, 0.1) is 23.4 Å². The molecule has 5 aromatic rings. The van der Waals surface area contributed by atoms with Crippen molar-refractivity contribution in [1.82, 2.24) is 29.1 Å². The fourth-order valence-corrected chi connectivity index (χ4v) is 3.84. The Kier molecular flexibility index (Phi) is 5.12. The minimum absolute atomic E-state index is 0.0470. The second-order valence-electron chi connectivity index (χ2n) is 7.80. The normalized spacial score (nSPS) is 11.3. The fraction of sp³-hybridized carbons (Fsp3) is 0.125. The van der Waals surface area contributed by atoms with Crippen LogP contribution in [-0.4, -0.2) is 29.1 Å². The van der Waals surface area contributed by atoms with E-state index in [1.54, 1.807) is 32.2 Å². The third kappa shape index (κ3) is 3.58. The molecule has 10 heteroatoms. The van der Waals surface area contributed by atoms with Gasteiger partial charge in [-0.25, -0.2) is 18.7 Å². The molecule has 1 aromatic carbocycles. The molecular weight excluding hydrogens is 440 g/mol. The van der Waals surface area contributed by atoms with E-state index in [4.69, 9.17) is 5.73 Å². The largest absolute Gasteiger partial charge is 0.368 e. The van der Waals surface area contributed by atoms with E-state index in [1.807, 2.05) is 0 Å². The van der Waals surface area contributed by atoms with Crippen LogP contribution in [0.3, 0.4) is 0 Å². The molecule has 0 radical (unpaired) electrons. The first kappa shape index (κ1) is 21.4. The Morgan fingerprint density at radius 1 is 1.03 bits per heavy atom. The number of benzene rings is 1. The molecule has 0 bridgehead atoms. The number of nitrogens with zero attached hydrogens (tertiary/aromatic N) is 6. The van der Waals surface area contributed by atoms with E-state index in [0.717, 1.165) is 0 Å². The molecule has 34 heavy (non-hydrogen) atoms. The van der Waals surface area contributed by atoms with Crippen molar-refractivity contribution in [2.45, 2.75) is 13.3 Å². The first-order valence-corrected chi connectivity index (χ1v) is 10.4. The first-order valence-electron chi connectivity index (χ1n) is 10.4. The highest BCUT2D eigenvalue weighted by atomic mass is 19.1. The van der Waals surface area contributed by atoms with Crippen molar-refractivity contribution in [3.8, 4) is 22.4 Å². The lowest BCUT2D eigenvalue weighted by atomic mass is 9.99. The zero-order valence-electron chi connectivity index (χ0n) is 18.3. The quantitative estimate of drug-likeness (QED) is 0.442. The summed E-state index contributed by atoms with van der Waals surface area (Å²) in [4.78, 5) is 25.4. The van der Waals surface area contributed by atoms with Gasteiger partial charge in [0.2, 0.25) is 11.5 Å². The highest BCUT2D eigenvalue weighted by Crippen LogP contribution is 2.36. The summed E-state index contributed by atoms with van der Waals surface area (Å²) < 4.78 is 30.7. The lowest BCUT2D eigenvalue weighted by Gasteiger charge is -2.15. The number of hydrogen-bond acceptors (Lipinski definition) is 6. The van der Waals surface area contributed by atoms with Crippen LogP contribution in [0.1, 0.15) is 17.2 Å². The summed E-state index contributed by atoms with van der Waals surface area (Å²) in [6, 6.07) is 11.8. The molecule has 0 saturated carbocycles. The van der Waals surface area contributed by atoms with E-state index in [9.17, 15) is 13.6 Å². The molecule has 0 amide bonds. The van der Waals surface area contributed by atoms with Gasteiger partial charge < -0.3 is 10.3 Å². The summed E-state index contributed by atoms with van der Waals surface area (Å²) in [7, 11) is 1.67. The first-order chi connectivity index (χ1) is 16.3. The molecular formula is C24H19F2N7O. The Morgan fingerprint density at radius 3 is 2.53 bits per heavy atom. The lowest BCUT2D eigenvalue weighted by Crippen LogP contribution is -2.18. The Balaban J connectivity index is 1.80. The van der Waals surface area contributed by atoms with E-state index in [0.29, 0.717) is 39.5 Å². The van der Waals surface area contributed by atoms with Gasteiger partial charge in [0.25, 0.3) is 0 Å². The second-order valence-corrected chi connectivity index (χ2v) is 7.80. The van der Waals surface area contributed by atoms with Gasteiger partial charge >= 0.3 is 0 Å². The minimum Gasteiger partial charge on any atom is -0.368 e. The van der Waals surface area contributed by atoms with E-state index in [2.05, 4.69) is 20.1 Å². The minimum atomic E-state index is -0.464. The van der Waals surface area contributed by atoms with Crippen LogP contribution in [0.4, 0.5) is 14.7 Å². The summed E-state index contributed by atoms with van der Waals surface area (Å²) >= 11 is 0. The van der Waals surface area contributed by atoms with Crippen molar-refractivity contribution < 1.29 is 8.78 Å². The van der Waals surface area contributed by atoms with Crippen LogP contribution in [0.5, 0.6) is 0 Å². The Bertz CT molecular complexity index is 1610. The molecule has 0 atom stereocenters. The summed E-state index contributed by atoms with van der Waals surface area (Å²) in [5, 5.41) is 4.44. The van der Waals surface area contributed by atoms with E-state index >= 15 is 0 Å². The molecule has 0 spiro atoms. The molecule has 8 nitrogen and oxygen atoms in total. The van der Waals surface area contributed by atoms with Crippen molar-refractivity contribution in [3.63, 3.8) is 0 Å². The van der Waals surface area contributed by atoms with Crippen molar-refractivity contribution in [1.29, 1.82) is 0 Å². The Labute approximate surface area is 192 Å². The van der Waals surface area contributed by atoms with Crippen molar-refractivity contribution in [2.24, 2.45) is 7.05 Å². The monoisotopic (exact) mass is 459 g/mol. The number of halogens is 2. The van der Waals surface area contributed by atoms with Gasteiger partial charge in [-0.3, -0.25) is 9.78 Å². The predicted molar refractivity (Wildman–Crippen MR) is 123 cm³/mol.